The molecule has 0 radical (unpaired) electrons. The lowest BCUT2D eigenvalue weighted by molar-refractivity contribution is 1.30. The Morgan fingerprint density at radius 3 is 1.47 bits per heavy atom. The summed E-state index contributed by atoms with van der Waals surface area (Å²) in [6, 6.07) is 82.6. The van der Waals surface area contributed by atoms with E-state index in [0.717, 1.165) is 17.1 Å². The van der Waals surface area contributed by atoms with E-state index in [4.69, 9.17) is 0 Å². The number of hydrogen-bond donors (Lipinski definition) is 0. The molecule has 0 unspecified atom stereocenters. The van der Waals surface area contributed by atoms with Crippen LogP contribution in [0.15, 0.2) is 224 Å². The van der Waals surface area contributed by atoms with E-state index in [1.165, 1.54) is 96.6 Å². The summed E-state index contributed by atoms with van der Waals surface area (Å²) in [5.74, 6) is 0. The number of rotatable bonds is 6. The predicted octanol–water partition coefficient (Wildman–Crippen LogP) is 17.1. The van der Waals surface area contributed by atoms with Gasteiger partial charge in [0, 0.05) is 37.2 Å². The van der Waals surface area contributed by atoms with Gasteiger partial charge in [-0.15, -0.1) is 11.3 Å². The minimum absolute atomic E-state index is 1.10. The summed E-state index contributed by atoms with van der Waals surface area (Å²) >= 11 is 1.86. The first-order valence-corrected chi connectivity index (χ1v) is 21.4. The summed E-state index contributed by atoms with van der Waals surface area (Å²) in [5, 5.41) is 12.6. The summed E-state index contributed by atoms with van der Waals surface area (Å²) in [6.07, 6.45) is 0. The first-order valence-electron chi connectivity index (χ1n) is 20.6. The zero-order valence-electron chi connectivity index (χ0n) is 32.7. The molecule has 0 aliphatic heterocycles. The van der Waals surface area contributed by atoms with Crippen LogP contribution < -0.4 is 4.90 Å². The first-order chi connectivity index (χ1) is 29.8. The van der Waals surface area contributed by atoms with Crippen LogP contribution in [0.2, 0.25) is 0 Å². The maximum atomic E-state index is 2.44. The average Bonchev–Trinajstić information content (AvgIpc) is 3.70. The Kier molecular flexibility index (Phi) is 8.11. The zero-order chi connectivity index (χ0) is 39.6. The second kappa shape index (κ2) is 14.1. The Hall–Kier alpha value is -7.52. The van der Waals surface area contributed by atoms with Crippen LogP contribution in [-0.4, -0.2) is 0 Å². The third-order valence-electron chi connectivity index (χ3n) is 12.2. The van der Waals surface area contributed by atoms with Crippen LogP contribution in [0.25, 0.3) is 96.6 Å². The Bertz CT molecular complexity index is 3590. The summed E-state index contributed by atoms with van der Waals surface area (Å²) in [7, 11) is 0. The van der Waals surface area contributed by atoms with Gasteiger partial charge in [0.2, 0.25) is 0 Å². The molecular formula is C58H37NS. The minimum atomic E-state index is 1.10. The minimum Gasteiger partial charge on any atom is -0.310 e. The quantitative estimate of drug-likeness (QED) is 0.152. The van der Waals surface area contributed by atoms with Gasteiger partial charge < -0.3 is 4.90 Å². The molecule has 12 aromatic rings. The molecule has 12 rings (SSSR count). The summed E-state index contributed by atoms with van der Waals surface area (Å²) in [5.41, 5.74) is 10.7. The van der Waals surface area contributed by atoms with E-state index in [1.54, 1.807) is 0 Å². The summed E-state index contributed by atoms with van der Waals surface area (Å²) in [4.78, 5) is 2.44. The number of benzene rings is 11. The highest BCUT2D eigenvalue weighted by molar-refractivity contribution is 7.25. The molecule has 0 spiro atoms. The van der Waals surface area contributed by atoms with Crippen molar-refractivity contribution in [3.63, 3.8) is 0 Å². The molecule has 11 aromatic carbocycles. The van der Waals surface area contributed by atoms with Gasteiger partial charge in [0.25, 0.3) is 0 Å². The van der Waals surface area contributed by atoms with Crippen LogP contribution in [0.3, 0.4) is 0 Å². The Morgan fingerprint density at radius 2 is 0.750 bits per heavy atom. The fourth-order valence-electron chi connectivity index (χ4n) is 9.51. The van der Waals surface area contributed by atoms with E-state index in [9.17, 15) is 0 Å². The smallest absolute Gasteiger partial charge is 0.0468 e. The summed E-state index contributed by atoms with van der Waals surface area (Å²) < 4.78 is 2.60. The van der Waals surface area contributed by atoms with Gasteiger partial charge in [-0.25, -0.2) is 0 Å². The van der Waals surface area contributed by atoms with Crippen molar-refractivity contribution in [1.82, 2.24) is 0 Å². The van der Waals surface area contributed by atoms with E-state index < -0.39 is 0 Å². The highest BCUT2D eigenvalue weighted by Crippen LogP contribution is 2.48. The Morgan fingerprint density at radius 1 is 0.267 bits per heavy atom. The fourth-order valence-corrected chi connectivity index (χ4v) is 10.6. The van der Waals surface area contributed by atoms with Gasteiger partial charge in [-0.05, 0) is 131 Å². The summed E-state index contributed by atoms with van der Waals surface area (Å²) in [6.45, 7) is 0. The van der Waals surface area contributed by atoms with Crippen LogP contribution in [0.5, 0.6) is 0 Å². The largest absolute Gasteiger partial charge is 0.310 e. The number of thiophene rings is 1. The molecule has 1 aromatic heterocycles. The number of anilines is 3. The van der Waals surface area contributed by atoms with Crippen LogP contribution in [-0.2, 0) is 0 Å². The van der Waals surface area contributed by atoms with Crippen LogP contribution >= 0.6 is 11.3 Å². The first kappa shape index (κ1) is 34.5. The van der Waals surface area contributed by atoms with Crippen LogP contribution in [0.4, 0.5) is 17.1 Å². The second-order valence-electron chi connectivity index (χ2n) is 15.6. The molecule has 0 aliphatic carbocycles. The molecule has 2 heteroatoms. The standard InChI is InChI=1S/C58H37NS/c1-3-15-39(16-4-1)57-51-25-12-11-22-47(51)49-33-31-43(37-54(49)58(57)40-17-5-2-6-18-40)59(44-32-34-56-53(36-44)50-24-13-14-26-55(50)60-56)42-29-27-38(28-30-42)52-35-41-19-7-8-20-45(41)46-21-9-10-23-48(46)52/h1-37H. The van der Waals surface area contributed by atoms with Crippen molar-refractivity contribution in [3.8, 4) is 33.4 Å². The van der Waals surface area contributed by atoms with E-state index in [0.29, 0.717) is 0 Å². The van der Waals surface area contributed by atoms with E-state index in [-0.39, 0.29) is 0 Å². The van der Waals surface area contributed by atoms with Crippen molar-refractivity contribution < 1.29 is 0 Å². The molecule has 0 fully saturated rings. The van der Waals surface area contributed by atoms with Crippen molar-refractivity contribution in [2.75, 3.05) is 4.90 Å². The lowest BCUT2D eigenvalue weighted by Gasteiger charge is -2.27. The number of fused-ring (bicyclic) bond motifs is 9. The predicted molar refractivity (Wildman–Crippen MR) is 260 cm³/mol. The lowest BCUT2D eigenvalue weighted by atomic mass is 9.85. The molecule has 0 N–H and O–H groups in total. The highest BCUT2D eigenvalue weighted by Gasteiger charge is 2.21. The lowest BCUT2D eigenvalue weighted by Crippen LogP contribution is -2.10. The van der Waals surface area contributed by atoms with Gasteiger partial charge in [0.15, 0.2) is 0 Å². The van der Waals surface area contributed by atoms with Crippen molar-refractivity contribution in [2.45, 2.75) is 0 Å². The molecular weight excluding hydrogens is 743 g/mol. The fraction of sp³-hybridized carbons (Fsp3) is 0. The third kappa shape index (κ3) is 5.61. The van der Waals surface area contributed by atoms with Crippen molar-refractivity contribution in [3.05, 3.63) is 224 Å². The molecule has 0 saturated carbocycles. The maximum absolute atomic E-state index is 2.44. The number of nitrogens with zero attached hydrogens (tertiary/aromatic N) is 1. The molecule has 0 aliphatic rings. The average molecular weight is 780 g/mol. The zero-order valence-corrected chi connectivity index (χ0v) is 33.5. The van der Waals surface area contributed by atoms with Gasteiger partial charge in [0.1, 0.15) is 0 Å². The topological polar surface area (TPSA) is 3.24 Å². The molecule has 0 atom stereocenters. The molecule has 1 nitrogen and oxygen atoms in total. The van der Waals surface area contributed by atoms with Gasteiger partial charge in [0.05, 0.1) is 0 Å². The molecule has 0 amide bonds. The van der Waals surface area contributed by atoms with E-state index in [2.05, 4.69) is 229 Å². The van der Waals surface area contributed by atoms with Crippen LogP contribution in [0, 0.1) is 0 Å². The van der Waals surface area contributed by atoms with Gasteiger partial charge in [-0.1, -0.05) is 170 Å². The molecule has 60 heavy (non-hydrogen) atoms. The molecule has 0 bridgehead atoms. The van der Waals surface area contributed by atoms with Crippen molar-refractivity contribution in [2.24, 2.45) is 0 Å². The van der Waals surface area contributed by atoms with E-state index in [1.807, 2.05) is 11.3 Å². The Labute approximate surface area is 352 Å². The van der Waals surface area contributed by atoms with Gasteiger partial charge in [-0.2, -0.15) is 0 Å². The van der Waals surface area contributed by atoms with Gasteiger partial charge >= 0.3 is 0 Å². The SMILES string of the molecule is c1ccc(-c2c(-c3ccccc3)c3cc(N(c4ccc(-c5cc6ccccc6c6ccccc56)cc4)c4ccc5sc6ccccc6c5c4)ccc3c3ccccc23)cc1. The molecule has 1 heterocycles. The molecule has 280 valence electrons. The second-order valence-corrected chi connectivity index (χ2v) is 16.7. The highest BCUT2D eigenvalue weighted by atomic mass is 32.1. The van der Waals surface area contributed by atoms with Crippen LogP contribution in [0.1, 0.15) is 0 Å². The third-order valence-corrected chi connectivity index (χ3v) is 13.4. The van der Waals surface area contributed by atoms with Crippen molar-refractivity contribution in [1.29, 1.82) is 0 Å². The maximum Gasteiger partial charge on any atom is 0.0468 e. The van der Waals surface area contributed by atoms with Crippen molar-refractivity contribution >= 4 is 91.7 Å². The molecule has 0 saturated heterocycles. The van der Waals surface area contributed by atoms with Gasteiger partial charge in [-0.3, -0.25) is 0 Å². The number of hydrogen-bond acceptors (Lipinski definition) is 2. The Balaban J connectivity index is 1.11. The normalized spacial score (nSPS) is 11.7. The van der Waals surface area contributed by atoms with E-state index >= 15 is 0 Å². The monoisotopic (exact) mass is 779 g/mol.